The second kappa shape index (κ2) is 5.40. The normalized spacial score (nSPS) is 13.8. The van der Waals surface area contributed by atoms with Crippen molar-refractivity contribution in [3.8, 4) is 0 Å². The fourth-order valence-corrected chi connectivity index (χ4v) is 1.35. The number of carbonyl (C=O) groups is 1. The lowest BCUT2D eigenvalue weighted by molar-refractivity contribution is -0.154. The Kier molecular flexibility index (Phi) is 5.26. The van der Waals surface area contributed by atoms with E-state index in [1.54, 1.807) is 20.8 Å². The Hall–Kier alpha value is -0.340. The molecule has 0 radical (unpaired) electrons. The van der Waals surface area contributed by atoms with Crippen molar-refractivity contribution < 1.29 is 19.2 Å². The molecule has 4 nitrogen and oxygen atoms in total. The maximum absolute atomic E-state index is 11.1. The van der Waals surface area contributed by atoms with E-state index in [-0.39, 0.29) is 24.9 Å². The SMILES string of the molecule is CC(C)(C)OC(=O)CC[PH](=O)CO. The molecule has 0 spiro atoms. The molecule has 1 atom stereocenters. The van der Waals surface area contributed by atoms with Crippen LogP contribution in [0.2, 0.25) is 0 Å². The predicted molar refractivity (Wildman–Crippen MR) is 51.4 cm³/mol. The third-order valence-electron chi connectivity index (χ3n) is 1.20. The van der Waals surface area contributed by atoms with Crippen LogP contribution in [0.5, 0.6) is 0 Å². The summed E-state index contributed by atoms with van der Waals surface area (Å²) in [5, 5.41) is 8.46. The number of esters is 1. The Bertz CT molecular complexity index is 195. The van der Waals surface area contributed by atoms with E-state index >= 15 is 0 Å². The smallest absolute Gasteiger partial charge is 0.306 e. The molecule has 0 aliphatic carbocycles. The van der Waals surface area contributed by atoms with E-state index < -0.39 is 13.4 Å². The van der Waals surface area contributed by atoms with Gasteiger partial charge in [0.05, 0.1) is 12.8 Å². The number of ether oxygens (including phenoxy) is 1. The predicted octanol–water partition coefficient (Wildman–Crippen LogP) is 1.23. The molecule has 0 aromatic heterocycles. The van der Waals surface area contributed by atoms with Crippen molar-refractivity contribution in [2.24, 2.45) is 0 Å². The summed E-state index contributed by atoms with van der Waals surface area (Å²) in [4.78, 5) is 11.1. The number of hydrogen-bond donors (Lipinski definition) is 1. The van der Waals surface area contributed by atoms with E-state index in [2.05, 4.69) is 0 Å². The summed E-state index contributed by atoms with van der Waals surface area (Å²) in [7, 11) is -1.97. The molecule has 78 valence electrons. The Morgan fingerprint density at radius 2 is 2.00 bits per heavy atom. The van der Waals surface area contributed by atoms with Gasteiger partial charge in [0, 0.05) is 6.16 Å². The molecule has 13 heavy (non-hydrogen) atoms. The summed E-state index contributed by atoms with van der Waals surface area (Å²) in [6.45, 7) is 5.33. The minimum atomic E-state index is -1.97. The van der Waals surface area contributed by atoms with Crippen molar-refractivity contribution >= 4 is 13.8 Å². The lowest BCUT2D eigenvalue weighted by Crippen LogP contribution is -2.24. The monoisotopic (exact) mass is 208 g/mol. The van der Waals surface area contributed by atoms with E-state index in [1.165, 1.54) is 0 Å². The number of aliphatic hydroxyl groups excluding tert-OH is 1. The van der Waals surface area contributed by atoms with E-state index in [4.69, 9.17) is 9.84 Å². The lowest BCUT2D eigenvalue weighted by atomic mass is 10.2. The maximum atomic E-state index is 11.1. The minimum absolute atomic E-state index is 0.121. The van der Waals surface area contributed by atoms with Gasteiger partial charge in [0.15, 0.2) is 0 Å². The topological polar surface area (TPSA) is 63.6 Å². The first kappa shape index (κ1) is 12.7. The van der Waals surface area contributed by atoms with E-state index in [9.17, 15) is 9.36 Å². The minimum Gasteiger partial charge on any atom is -0.460 e. The van der Waals surface area contributed by atoms with Gasteiger partial charge in [-0.15, -0.1) is 0 Å². The first-order chi connectivity index (χ1) is 5.85. The van der Waals surface area contributed by atoms with Crippen LogP contribution in [0.1, 0.15) is 27.2 Å². The van der Waals surface area contributed by atoms with Crippen molar-refractivity contribution in [2.45, 2.75) is 32.8 Å². The van der Waals surface area contributed by atoms with E-state index in [0.717, 1.165) is 0 Å². The summed E-state index contributed by atoms with van der Waals surface area (Å²) >= 11 is 0. The number of rotatable bonds is 4. The zero-order chi connectivity index (χ0) is 10.5. The van der Waals surface area contributed by atoms with Crippen molar-refractivity contribution in [1.82, 2.24) is 0 Å². The van der Waals surface area contributed by atoms with E-state index in [0.29, 0.717) is 0 Å². The molecule has 0 saturated carbocycles. The van der Waals surface area contributed by atoms with Gasteiger partial charge in [0.25, 0.3) is 0 Å². The summed E-state index contributed by atoms with van der Waals surface area (Å²) < 4.78 is 15.8. The van der Waals surface area contributed by atoms with Gasteiger partial charge >= 0.3 is 5.97 Å². The molecule has 0 aliphatic rings. The van der Waals surface area contributed by atoms with Crippen LogP contribution in [-0.4, -0.2) is 29.2 Å². The largest absolute Gasteiger partial charge is 0.460 e. The molecular weight excluding hydrogens is 191 g/mol. The number of hydrogen-bond acceptors (Lipinski definition) is 4. The van der Waals surface area contributed by atoms with Gasteiger partial charge in [-0.3, -0.25) is 4.79 Å². The third-order valence-corrected chi connectivity index (χ3v) is 2.36. The average molecular weight is 208 g/mol. The van der Waals surface area contributed by atoms with Gasteiger partial charge in [-0.05, 0) is 20.8 Å². The van der Waals surface area contributed by atoms with Crippen LogP contribution in [0, 0.1) is 0 Å². The van der Waals surface area contributed by atoms with Crippen molar-refractivity contribution in [2.75, 3.05) is 12.5 Å². The molecule has 0 saturated heterocycles. The zero-order valence-corrected chi connectivity index (χ0v) is 9.29. The molecule has 5 heteroatoms. The molecule has 0 rings (SSSR count). The van der Waals surface area contributed by atoms with Gasteiger partial charge < -0.3 is 14.4 Å². The highest BCUT2D eigenvalue weighted by atomic mass is 31.1. The standard InChI is InChI=1S/C8H17O4P/c1-8(2,3)12-7(10)4-5-13(11)6-9/h9,13H,4-6H2,1-3H3. The molecule has 0 heterocycles. The third kappa shape index (κ3) is 8.00. The quantitative estimate of drug-likeness (QED) is 0.557. The zero-order valence-electron chi connectivity index (χ0n) is 8.29. The van der Waals surface area contributed by atoms with Crippen molar-refractivity contribution in [3.05, 3.63) is 0 Å². The second-order valence-electron chi connectivity index (χ2n) is 3.78. The summed E-state index contributed by atoms with van der Waals surface area (Å²) in [6, 6.07) is 0. The van der Waals surface area contributed by atoms with Crippen molar-refractivity contribution in [3.63, 3.8) is 0 Å². The Morgan fingerprint density at radius 1 is 1.46 bits per heavy atom. The van der Waals surface area contributed by atoms with Crippen LogP contribution in [0.25, 0.3) is 0 Å². The van der Waals surface area contributed by atoms with Gasteiger partial charge in [-0.2, -0.15) is 0 Å². The molecule has 0 fully saturated rings. The highest BCUT2D eigenvalue weighted by molar-refractivity contribution is 7.44. The first-order valence-electron chi connectivity index (χ1n) is 4.19. The Labute approximate surface area is 79.1 Å². The summed E-state index contributed by atoms with van der Waals surface area (Å²) in [6.07, 6.45) is 0.0270. The van der Waals surface area contributed by atoms with Gasteiger partial charge in [0.1, 0.15) is 13.4 Å². The fourth-order valence-electron chi connectivity index (χ4n) is 0.713. The van der Waals surface area contributed by atoms with E-state index in [1.807, 2.05) is 0 Å². The average Bonchev–Trinajstić information content (AvgIpc) is 1.97. The molecule has 1 N–H and O–H groups in total. The molecule has 0 amide bonds. The van der Waals surface area contributed by atoms with Crippen molar-refractivity contribution in [1.29, 1.82) is 0 Å². The van der Waals surface area contributed by atoms with Crippen LogP contribution >= 0.6 is 7.80 Å². The van der Waals surface area contributed by atoms with Gasteiger partial charge in [-0.1, -0.05) is 0 Å². The maximum Gasteiger partial charge on any atom is 0.306 e. The van der Waals surface area contributed by atoms with Crippen LogP contribution in [0.3, 0.4) is 0 Å². The summed E-state index contributed by atoms with van der Waals surface area (Å²) in [5.41, 5.74) is -0.494. The second-order valence-corrected chi connectivity index (χ2v) is 5.68. The van der Waals surface area contributed by atoms with Crippen LogP contribution in [0.4, 0.5) is 0 Å². The number of aliphatic hydroxyl groups is 1. The van der Waals surface area contributed by atoms with Crippen LogP contribution in [0.15, 0.2) is 0 Å². The van der Waals surface area contributed by atoms with Crippen LogP contribution < -0.4 is 0 Å². The highest BCUT2D eigenvalue weighted by Gasteiger charge is 2.16. The summed E-state index contributed by atoms with van der Waals surface area (Å²) in [5.74, 6) is -0.362. The Balaban J connectivity index is 3.71. The van der Waals surface area contributed by atoms with Gasteiger partial charge in [0.2, 0.25) is 0 Å². The molecule has 1 unspecified atom stereocenters. The van der Waals surface area contributed by atoms with Gasteiger partial charge in [-0.25, -0.2) is 0 Å². The Morgan fingerprint density at radius 3 is 2.38 bits per heavy atom. The fraction of sp³-hybridized carbons (Fsp3) is 0.875. The molecule has 0 aromatic carbocycles. The molecule has 0 aliphatic heterocycles. The first-order valence-corrected chi connectivity index (χ1v) is 6.02. The molecule has 0 aromatic rings. The van der Waals surface area contributed by atoms with Crippen LogP contribution in [-0.2, 0) is 14.1 Å². The highest BCUT2D eigenvalue weighted by Crippen LogP contribution is 2.20. The molecular formula is C8H17O4P. The number of carbonyl (C=O) groups excluding carboxylic acids is 1. The molecule has 0 bridgehead atoms. The lowest BCUT2D eigenvalue weighted by Gasteiger charge is -2.19.